The fourth-order valence-corrected chi connectivity index (χ4v) is 6.83. The van der Waals surface area contributed by atoms with E-state index in [0.29, 0.717) is 57.2 Å². The molecule has 1 unspecified atom stereocenters. The van der Waals surface area contributed by atoms with Crippen molar-refractivity contribution in [1.82, 2.24) is 0 Å². The Kier molecular flexibility index (Phi) is 5.79. The molecule has 0 bridgehead atoms. The van der Waals surface area contributed by atoms with Gasteiger partial charge in [-0.25, -0.2) is 0 Å². The number of ether oxygens (including phenoxy) is 2. The zero-order valence-corrected chi connectivity index (χ0v) is 22.3. The number of aryl methyl sites for hydroxylation is 1. The van der Waals surface area contributed by atoms with Crippen molar-refractivity contribution < 1.29 is 22.4 Å². The highest BCUT2D eigenvalue weighted by molar-refractivity contribution is 7.87. The molecule has 4 aromatic carbocycles. The summed E-state index contributed by atoms with van der Waals surface area (Å²) in [6, 6.07) is 25.0. The van der Waals surface area contributed by atoms with Gasteiger partial charge in [0, 0.05) is 17.5 Å². The monoisotopic (exact) mass is 548 g/mol. The van der Waals surface area contributed by atoms with Gasteiger partial charge in [-0.3, -0.25) is 14.4 Å². The van der Waals surface area contributed by atoms with Gasteiger partial charge in [0.1, 0.15) is 0 Å². The summed E-state index contributed by atoms with van der Waals surface area (Å²) in [7, 11) is -4.87. The van der Waals surface area contributed by atoms with Gasteiger partial charge in [-0.2, -0.15) is 8.42 Å². The van der Waals surface area contributed by atoms with E-state index in [1.807, 2.05) is 43.3 Å². The number of fused-ring (bicyclic) bond motifs is 4. The molecule has 1 atom stereocenters. The van der Waals surface area contributed by atoms with E-state index in [1.165, 1.54) is 0 Å². The molecule has 0 amide bonds. The maximum atomic E-state index is 14.0. The quantitative estimate of drug-likeness (QED) is 0.253. The first-order valence-electron chi connectivity index (χ1n) is 12.3. The van der Waals surface area contributed by atoms with Crippen molar-refractivity contribution in [2.75, 3.05) is 9.80 Å². The maximum Gasteiger partial charge on any atom is 0.309 e. The van der Waals surface area contributed by atoms with Crippen LogP contribution in [0.25, 0.3) is 0 Å². The number of benzene rings is 4. The second-order valence-electron chi connectivity index (χ2n) is 9.11. The molecule has 7 nitrogen and oxygen atoms in total. The van der Waals surface area contributed by atoms with Crippen LogP contribution in [-0.2, 0) is 16.5 Å². The molecule has 0 aromatic heterocycles. The maximum absolute atomic E-state index is 14.0. The third-order valence-corrected chi connectivity index (χ3v) is 8.79. The SMILES string of the molecule is CCc1cccc2c1N(C(CC)(N1c3ccccc3Oc3cc(Cl)ccc31)S(=O)(=O)O)c1ccccc1O2. The largest absolute Gasteiger partial charge is 0.453 e. The van der Waals surface area contributed by atoms with E-state index in [0.717, 1.165) is 5.56 Å². The van der Waals surface area contributed by atoms with Crippen LogP contribution in [0, 0.1) is 0 Å². The molecular formula is C29H25ClN2O5S. The second kappa shape index (κ2) is 8.94. The Morgan fingerprint density at radius 3 is 1.97 bits per heavy atom. The minimum Gasteiger partial charge on any atom is -0.453 e. The first kappa shape index (κ1) is 24.6. The van der Waals surface area contributed by atoms with Crippen LogP contribution in [0.4, 0.5) is 22.7 Å². The third kappa shape index (κ3) is 3.48. The molecule has 2 heterocycles. The van der Waals surface area contributed by atoms with Crippen LogP contribution in [0.1, 0.15) is 25.8 Å². The molecule has 0 saturated carbocycles. The normalized spacial score (nSPS) is 15.3. The van der Waals surface area contributed by atoms with Gasteiger partial charge >= 0.3 is 10.1 Å². The Balaban J connectivity index is 1.76. The summed E-state index contributed by atoms with van der Waals surface area (Å²) >= 11 is 6.32. The van der Waals surface area contributed by atoms with Crippen molar-refractivity contribution in [1.29, 1.82) is 0 Å². The number of para-hydroxylation sites is 5. The standard InChI is InChI=1S/C29H25ClN2O5S/c1-3-19-10-9-15-26-28(19)32(22-12-6-8-14-25(22)36-26)29(4-2,38(33,34)35)31-21-11-5-7-13-24(21)37-27-18-20(30)16-17-23(27)31/h5-18H,3-4H2,1-2H3,(H,33,34,35). The van der Waals surface area contributed by atoms with Gasteiger partial charge in [0.15, 0.2) is 23.0 Å². The van der Waals surface area contributed by atoms with Crippen LogP contribution in [0.3, 0.4) is 0 Å². The van der Waals surface area contributed by atoms with Gasteiger partial charge in [-0.1, -0.05) is 61.8 Å². The lowest BCUT2D eigenvalue weighted by molar-refractivity contribution is 0.394. The van der Waals surface area contributed by atoms with Crippen LogP contribution in [0.2, 0.25) is 5.02 Å². The number of halogens is 1. The van der Waals surface area contributed by atoms with Crippen molar-refractivity contribution in [2.24, 2.45) is 0 Å². The lowest BCUT2D eigenvalue weighted by Gasteiger charge is -2.52. The molecule has 194 valence electrons. The van der Waals surface area contributed by atoms with Crippen molar-refractivity contribution in [2.45, 2.75) is 31.7 Å². The molecular weight excluding hydrogens is 524 g/mol. The highest BCUT2D eigenvalue weighted by atomic mass is 35.5. The average molecular weight is 549 g/mol. The fourth-order valence-electron chi connectivity index (χ4n) is 5.46. The Morgan fingerprint density at radius 1 is 0.763 bits per heavy atom. The van der Waals surface area contributed by atoms with Gasteiger partial charge in [-0.05, 0) is 54.4 Å². The molecule has 38 heavy (non-hydrogen) atoms. The van der Waals surface area contributed by atoms with Gasteiger partial charge in [-0.15, -0.1) is 0 Å². The van der Waals surface area contributed by atoms with E-state index >= 15 is 0 Å². The molecule has 9 heteroatoms. The van der Waals surface area contributed by atoms with Crippen LogP contribution < -0.4 is 19.3 Å². The van der Waals surface area contributed by atoms with Gasteiger partial charge in [0.05, 0.1) is 22.7 Å². The minimum absolute atomic E-state index is 0.0198. The predicted molar refractivity (Wildman–Crippen MR) is 149 cm³/mol. The highest BCUT2D eigenvalue weighted by Crippen LogP contribution is 2.59. The number of hydrogen-bond acceptors (Lipinski definition) is 6. The molecule has 0 saturated heterocycles. The lowest BCUT2D eigenvalue weighted by atomic mass is 10.0. The van der Waals surface area contributed by atoms with E-state index in [2.05, 4.69) is 0 Å². The zero-order chi connectivity index (χ0) is 26.7. The van der Waals surface area contributed by atoms with E-state index in [1.54, 1.807) is 65.3 Å². The molecule has 2 aliphatic rings. The second-order valence-corrected chi connectivity index (χ2v) is 11.2. The van der Waals surface area contributed by atoms with E-state index in [4.69, 9.17) is 21.1 Å². The number of nitrogens with zero attached hydrogens (tertiary/aromatic N) is 2. The first-order valence-corrected chi connectivity index (χ1v) is 14.1. The highest BCUT2D eigenvalue weighted by Gasteiger charge is 2.58. The summed E-state index contributed by atoms with van der Waals surface area (Å²) in [5, 5.41) is 0.437. The Hall–Kier alpha value is -3.72. The summed E-state index contributed by atoms with van der Waals surface area (Å²) in [4.78, 5) is 1.32. The minimum atomic E-state index is -4.87. The van der Waals surface area contributed by atoms with Crippen molar-refractivity contribution in [3.05, 3.63) is 95.5 Å². The molecule has 1 N–H and O–H groups in total. The number of anilines is 4. The van der Waals surface area contributed by atoms with E-state index in [9.17, 15) is 13.0 Å². The fraction of sp³-hybridized carbons (Fsp3) is 0.172. The number of hydrogen-bond donors (Lipinski definition) is 1. The third-order valence-electron chi connectivity index (χ3n) is 7.07. The molecule has 0 spiro atoms. The average Bonchev–Trinajstić information content (AvgIpc) is 2.91. The summed E-state index contributed by atoms with van der Waals surface area (Å²) in [6.07, 6.45) is 0.594. The van der Waals surface area contributed by atoms with Crippen LogP contribution in [0.5, 0.6) is 23.0 Å². The Bertz CT molecular complexity index is 1680. The Labute approximate surface area is 226 Å². The Morgan fingerprint density at radius 2 is 1.34 bits per heavy atom. The van der Waals surface area contributed by atoms with Crippen LogP contribution >= 0.6 is 11.6 Å². The van der Waals surface area contributed by atoms with Gasteiger partial charge in [0.2, 0.25) is 0 Å². The predicted octanol–water partition coefficient (Wildman–Crippen LogP) is 8.04. The zero-order valence-electron chi connectivity index (χ0n) is 20.8. The first-order chi connectivity index (χ1) is 18.3. The van der Waals surface area contributed by atoms with Crippen molar-refractivity contribution >= 4 is 44.5 Å². The summed E-state index contributed by atoms with van der Waals surface area (Å²) in [5.41, 5.74) is 2.90. The van der Waals surface area contributed by atoms with Crippen LogP contribution in [-0.4, -0.2) is 18.0 Å². The van der Waals surface area contributed by atoms with Crippen LogP contribution in [0.15, 0.2) is 84.9 Å². The molecule has 2 aliphatic heterocycles. The van der Waals surface area contributed by atoms with Gasteiger partial charge < -0.3 is 9.47 Å². The topological polar surface area (TPSA) is 79.3 Å². The van der Waals surface area contributed by atoms with Gasteiger partial charge in [0.25, 0.3) is 4.99 Å². The lowest BCUT2D eigenvalue weighted by Crippen LogP contribution is -2.63. The smallest absolute Gasteiger partial charge is 0.309 e. The van der Waals surface area contributed by atoms with Crippen molar-refractivity contribution in [3.63, 3.8) is 0 Å². The van der Waals surface area contributed by atoms with E-state index in [-0.39, 0.29) is 6.42 Å². The molecule has 0 aliphatic carbocycles. The summed E-state index contributed by atoms with van der Waals surface area (Å²) < 4.78 is 51.7. The summed E-state index contributed by atoms with van der Waals surface area (Å²) in [5.74, 6) is 1.80. The summed E-state index contributed by atoms with van der Waals surface area (Å²) in [6.45, 7) is 3.74. The van der Waals surface area contributed by atoms with E-state index < -0.39 is 15.1 Å². The van der Waals surface area contributed by atoms with Crippen molar-refractivity contribution in [3.8, 4) is 23.0 Å². The molecule has 0 radical (unpaired) electrons. The molecule has 0 fully saturated rings. The molecule has 6 rings (SSSR count). The molecule has 4 aromatic rings. The number of rotatable bonds is 5.